The van der Waals surface area contributed by atoms with Gasteiger partial charge in [-0.25, -0.2) is 0 Å². The fraction of sp³-hybridized carbons (Fsp3) is 1.00. The van der Waals surface area contributed by atoms with Crippen LogP contribution >= 0.6 is 0 Å². The minimum absolute atomic E-state index is 0.198. The number of rotatable bonds is 7. The van der Waals surface area contributed by atoms with Crippen LogP contribution in [-0.2, 0) is 0 Å². The number of hydrogen-bond donors (Lipinski definition) is 1. The van der Waals surface area contributed by atoms with Gasteiger partial charge in [0, 0.05) is 6.04 Å². The van der Waals surface area contributed by atoms with E-state index in [0.29, 0.717) is 6.42 Å². The van der Waals surface area contributed by atoms with Crippen molar-refractivity contribution in [2.24, 2.45) is 0 Å². The molecule has 1 saturated heterocycles. The van der Waals surface area contributed by atoms with Crippen molar-refractivity contribution in [3.05, 3.63) is 0 Å². The first-order valence-corrected chi connectivity index (χ1v) is 6.35. The Morgan fingerprint density at radius 1 is 1.27 bits per heavy atom. The van der Waals surface area contributed by atoms with Crippen LogP contribution in [0.3, 0.4) is 0 Å². The molecule has 0 aromatic heterocycles. The average molecular weight is 216 g/mol. The van der Waals surface area contributed by atoms with E-state index >= 15 is 0 Å². The second-order valence-electron chi connectivity index (χ2n) is 4.53. The molecule has 1 aliphatic rings. The van der Waals surface area contributed by atoms with Crippen LogP contribution in [0.5, 0.6) is 0 Å². The third-order valence-corrected chi connectivity index (χ3v) is 3.23. The first-order chi connectivity index (χ1) is 7.34. The molecule has 0 amide bonds. The van der Waals surface area contributed by atoms with Gasteiger partial charge in [-0.2, -0.15) is 0 Å². The lowest BCUT2D eigenvalue weighted by molar-refractivity contribution is 0.159. The van der Waals surface area contributed by atoms with Gasteiger partial charge in [0.1, 0.15) is 0 Å². The third kappa shape index (κ3) is 5.47. The maximum absolute atomic E-state index is 11.8. The zero-order valence-electron chi connectivity index (χ0n) is 9.97. The molecule has 1 heterocycles. The Morgan fingerprint density at radius 2 is 2.07 bits per heavy atom. The molecule has 2 nitrogen and oxygen atoms in total. The summed E-state index contributed by atoms with van der Waals surface area (Å²) in [5.74, 6) is 0. The summed E-state index contributed by atoms with van der Waals surface area (Å²) < 4.78 is 11.8. The van der Waals surface area contributed by atoms with Crippen molar-refractivity contribution in [2.75, 3.05) is 32.9 Å². The minimum Gasteiger partial charge on any atom is -0.317 e. The second-order valence-corrected chi connectivity index (χ2v) is 4.53. The molecule has 0 spiro atoms. The zero-order chi connectivity index (χ0) is 10.9. The van der Waals surface area contributed by atoms with Gasteiger partial charge in [0.25, 0.3) is 0 Å². The highest BCUT2D eigenvalue weighted by Gasteiger charge is 2.16. The van der Waals surface area contributed by atoms with Crippen LogP contribution in [0.1, 0.15) is 39.0 Å². The Bertz CT molecular complexity index is 153. The number of alkyl halides is 1. The van der Waals surface area contributed by atoms with Gasteiger partial charge in [0.05, 0.1) is 6.67 Å². The molecule has 0 saturated carbocycles. The molecule has 0 radical (unpaired) electrons. The number of nitrogens with one attached hydrogen (secondary N) is 1. The molecule has 90 valence electrons. The van der Waals surface area contributed by atoms with Gasteiger partial charge in [0.15, 0.2) is 0 Å². The molecule has 1 unspecified atom stereocenters. The molecule has 0 aromatic carbocycles. The number of halogens is 1. The smallest absolute Gasteiger partial charge is 0.0906 e. The van der Waals surface area contributed by atoms with E-state index in [2.05, 4.69) is 17.1 Å². The summed E-state index contributed by atoms with van der Waals surface area (Å²) in [6, 6.07) is 0.768. The summed E-state index contributed by atoms with van der Waals surface area (Å²) in [6.07, 6.45) is 5.96. The number of piperidine rings is 1. The molecule has 1 aliphatic heterocycles. The van der Waals surface area contributed by atoms with E-state index in [9.17, 15) is 4.39 Å². The van der Waals surface area contributed by atoms with Crippen LogP contribution in [0, 0.1) is 0 Å². The Labute approximate surface area is 93.2 Å². The van der Waals surface area contributed by atoms with Crippen molar-refractivity contribution in [1.82, 2.24) is 10.2 Å². The molecular weight excluding hydrogens is 191 g/mol. The Morgan fingerprint density at radius 3 is 2.80 bits per heavy atom. The highest BCUT2D eigenvalue weighted by atomic mass is 19.1. The van der Waals surface area contributed by atoms with Gasteiger partial charge in [-0.05, 0) is 58.8 Å². The first kappa shape index (κ1) is 12.9. The van der Waals surface area contributed by atoms with Gasteiger partial charge in [-0.3, -0.25) is 4.39 Å². The number of hydrogen-bond acceptors (Lipinski definition) is 2. The highest BCUT2D eigenvalue weighted by molar-refractivity contribution is 4.72. The van der Waals surface area contributed by atoms with E-state index in [-0.39, 0.29) is 6.67 Å². The summed E-state index contributed by atoms with van der Waals surface area (Å²) in [5, 5.41) is 3.27. The van der Waals surface area contributed by atoms with Crippen molar-refractivity contribution < 1.29 is 4.39 Å². The lowest BCUT2D eigenvalue weighted by Gasteiger charge is -2.33. The first-order valence-electron chi connectivity index (χ1n) is 6.35. The molecule has 1 N–H and O–H groups in total. The molecule has 1 atom stereocenters. The lowest BCUT2D eigenvalue weighted by Crippen LogP contribution is -2.38. The number of likely N-dealkylation sites (tertiary alicyclic amines) is 1. The van der Waals surface area contributed by atoms with E-state index in [4.69, 9.17) is 0 Å². The third-order valence-electron chi connectivity index (χ3n) is 3.23. The zero-order valence-corrected chi connectivity index (χ0v) is 9.97. The van der Waals surface area contributed by atoms with Gasteiger partial charge in [-0.15, -0.1) is 0 Å². The molecule has 1 rings (SSSR count). The van der Waals surface area contributed by atoms with E-state index in [1.807, 2.05) is 0 Å². The second kappa shape index (κ2) is 8.05. The van der Waals surface area contributed by atoms with E-state index in [1.54, 1.807) is 0 Å². The topological polar surface area (TPSA) is 15.3 Å². The van der Waals surface area contributed by atoms with Crippen LogP contribution in [0.25, 0.3) is 0 Å². The molecule has 0 aromatic rings. The number of nitrogens with zero attached hydrogens (tertiary/aromatic N) is 1. The summed E-state index contributed by atoms with van der Waals surface area (Å²) >= 11 is 0. The van der Waals surface area contributed by atoms with Crippen LogP contribution in [-0.4, -0.2) is 43.8 Å². The summed E-state index contributed by atoms with van der Waals surface area (Å²) in [4.78, 5) is 2.58. The summed E-state index contributed by atoms with van der Waals surface area (Å²) in [7, 11) is 0. The van der Waals surface area contributed by atoms with Gasteiger partial charge >= 0.3 is 0 Å². The van der Waals surface area contributed by atoms with Crippen molar-refractivity contribution in [1.29, 1.82) is 0 Å². The van der Waals surface area contributed by atoms with Crippen LogP contribution in [0.4, 0.5) is 4.39 Å². The van der Waals surface area contributed by atoms with E-state index in [0.717, 1.165) is 19.1 Å². The molecule has 1 fully saturated rings. The monoisotopic (exact) mass is 216 g/mol. The maximum Gasteiger partial charge on any atom is 0.0906 e. The molecule has 0 aliphatic carbocycles. The average Bonchev–Trinajstić information content (AvgIpc) is 2.25. The fourth-order valence-corrected chi connectivity index (χ4v) is 2.21. The fourth-order valence-electron chi connectivity index (χ4n) is 2.21. The standard InChI is InChI=1S/C12H25FN2/c1-12-6-2-3-10-15(12)11-5-9-14-8-4-7-13/h12,14H,2-11H2,1H3. The Hall–Kier alpha value is -0.150. The lowest BCUT2D eigenvalue weighted by atomic mass is 10.0. The summed E-state index contributed by atoms with van der Waals surface area (Å²) in [6.45, 7) is 6.45. The van der Waals surface area contributed by atoms with Gasteiger partial charge in [-0.1, -0.05) is 6.42 Å². The van der Waals surface area contributed by atoms with E-state index < -0.39 is 0 Å². The minimum atomic E-state index is -0.198. The Balaban J connectivity index is 1.94. The van der Waals surface area contributed by atoms with Crippen molar-refractivity contribution in [3.8, 4) is 0 Å². The largest absolute Gasteiger partial charge is 0.317 e. The predicted molar refractivity (Wildman–Crippen MR) is 63.0 cm³/mol. The van der Waals surface area contributed by atoms with Crippen LogP contribution in [0.15, 0.2) is 0 Å². The highest BCUT2D eigenvalue weighted by Crippen LogP contribution is 2.15. The van der Waals surface area contributed by atoms with Gasteiger partial charge in [0.2, 0.25) is 0 Å². The van der Waals surface area contributed by atoms with Crippen molar-refractivity contribution >= 4 is 0 Å². The normalized spacial score (nSPS) is 23.2. The molecular formula is C12H25FN2. The summed E-state index contributed by atoms with van der Waals surface area (Å²) in [5.41, 5.74) is 0. The molecule has 15 heavy (non-hydrogen) atoms. The van der Waals surface area contributed by atoms with Crippen LogP contribution in [0.2, 0.25) is 0 Å². The maximum atomic E-state index is 11.8. The molecule has 3 heteroatoms. The van der Waals surface area contributed by atoms with Crippen molar-refractivity contribution in [2.45, 2.75) is 45.1 Å². The Kier molecular flexibility index (Phi) is 6.94. The van der Waals surface area contributed by atoms with Gasteiger partial charge < -0.3 is 10.2 Å². The quantitative estimate of drug-likeness (QED) is 0.656. The van der Waals surface area contributed by atoms with E-state index in [1.165, 1.54) is 38.8 Å². The van der Waals surface area contributed by atoms with Crippen molar-refractivity contribution in [3.63, 3.8) is 0 Å². The SMILES string of the molecule is CC1CCCCN1CCCNCCCF. The predicted octanol–water partition coefficient (Wildman–Crippen LogP) is 2.20. The molecule has 0 bridgehead atoms. The van der Waals surface area contributed by atoms with Crippen LogP contribution < -0.4 is 5.32 Å².